The first-order valence-electron chi connectivity index (χ1n) is 4.10. The summed E-state index contributed by atoms with van der Waals surface area (Å²) in [6.07, 6.45) is 3.94. The van der Waals surface area contributed by atoms with Crippen molar-refractivity contribution >= 4 is 0 Å². The normalized spacial score (nSPS) is 9.42. The van der Waals surface area contributed by atoms with Gasteiger partial charge in [0.25, 0.3) is 0 Å². The molecule has 0 aliphatic heterocycles. The first-order chi connectivity index (χ1) is 5.62. The zero-order chi connectivity index (χ0) is 9.45. The molecule has 0 saturated heterocycles. The van der Waals surface area contributed by atoms with Gasteiger partial charge in [0.05, 0.1) is 6.07 Å². The van der Waals surface area contributed by atoms with E-state index in [9.17, 15) is 0 Å². The molecule has 0 atom stereocenters. The minimum Gasteiger partial charge on any atom is -0.198 e. The topological polar surface area (TPSA) is 23.8 Å². The standard InChI is InChI=1S/C11H15N/c1-4-5-6-8-11(2,3)9-7-10-12/h4H,1,5,7,9H2,2-3H3. The van der Waals surface area contributed by atoms with Crippen LogP contribution < -0.4 is 0 Å². The van der Waals surface area contributed by atoms with Crippen molar-refractivity contribution in [2.75, 3.05) is 0 Å². The van der Waals surface area contributed by atoms with Gasteiger partial charge < -0.3 is 0 Å². The van der Waals surface area contributed by atoms with Gasteiger partial charge in [-0.05, 0) is 20.3 Å². The molecule has 0 aromatic carbocycles. The van der Waals surface area contributed by atoms with Crippen LogP contribution in [0.5, 0.6) is 0 Å². The highest BCUT2D eigenvalue weighted by molar-refractivity contribution is 5.11. The number of allylic oxidation sites excluding steroid dienone is 1. The van der Waals surface area contributed by atoms with Crippen LogP contribution in [0.1, 0.15) is 33.1 Å². The molecule has 12 heavy (non-hydrogen) atoms. The highest BCUT2D eigenvalue weighted by Gasteiger charge is 2.12. The summed E-state index contributed by atoms with van der Waals surface area (Å²) in [5.41, 5.74) is -0.0290. The molecule has 0 aromatic heterocycles. The lowest BCUT2D eigenvalue weighted by atomic mass is 9.89. The summed E-state index contributed by atoms with van der Waals surface area (Å²) in [5, 5.41) is 8.39. The minimum atomic E-state index is -0.0290. The second kappa shape index (κ2) is 5.44. The van der Waals surface area contributed by atoms with E-state index in [4.69, 9.17) is 5.26 Å². The average Bonchev–Trinajstić information content (AvgIpc) is 2.01. The Labute approximate surface area is 75.1 Å². The lowest BCUT2D eigenvalue weighted by molar-refractivity contribution is 0.465. The van der Waals surface area contributed by atoms with E-state index in [1.54, 1.807) is 6.08 Å². The molecular formula is C11H15N. The Bertz CT molecular complexity index is 232. The minimum absolute atomic E-state index is 0.0290. The Morgan fingerprint density at radius 2 is 2.17 bits per heavy atom. The van der Waals surface area contributed by atoms with Crippen molar-refractivity contribution in [1.82, 2.24) is 0 Å². The highest BCUT2D eigenvalue weighted by atomic mass is 14.2. The Morgan fingerprint density at radius 1 is 1.50 bits per heavy atom. The maximum Gasteiger partial charge on any atom is 0.0622 e. The SMILES string of the molecule is C=CCC#CC(C)(C)CCC#N. The number of hydrogen-bond acceptors (Lipinski definition) is 1. The molecule has 0 unspecified atom stereocenters. The fourth-order valence-corrected chi connectivity index (χ4v) is 0.793. The maximum atomic E-state index is 8.39. The van der Waals surface area contributed by atoms with Gasteiger partial charge in [-0.3, -0.25) is 0 Å². The van der Waals surface area contributed by atoms with Gasteiger partial charge in [-0.25, -0.2) is 0 Å². The fraction of sp³-hybridized carbons (Fsp3) is 0.545. The van der Waals surface area contributed by atoms with Gasteiger partial charge >= 0.3 is 0 Å². The summed E-state index contributed by atoms with van der Waals surface area (Å²) in [6.45, 7) is 7.70. The predicted molar refractivity (Wildman–Crippen MR) is 51.2 cm³/mol. The van der Waals surface area contributed by atoms with Crippen LogP contribution in [0.3, 0.4) is 0 Å². The maximum absolute atomic E-state index is 8.39. The first kappa shape index (κ1) is 10.8. The largest absolute Gasteiger partial charge is 0.198 e. The van der Waals surface area contributed by atoms with Crippen molar-refractivity contribution in [2.45, 2.75) is 33.1 Å². The molecule has 0 spiro atoms. The third kappa shape index (κ3) is 5.57. The second-order valence-corrected chi connectivity index (χ2v) is 3.34. The van der Waals surface area contributed by atoms with Crippen LogP contribution in [0.2, 0.25) is 0 Å². The van der Waals surface area contributed by atoms with Crippen LogP contribution in [0, 0.1) is 28.6 Å². The predicted octanol–water partition coefficient (Wildman–Crippen LogP) is 2.90. The molecule has 1 heteroatoms. The van der Waals surface area contributed by atoms with Crippen molar-refractivity contribution in [2.24, 2.45) is 5.41 Å². The molecule has 0 fully saturated rings. The van der Waals surface area contributed by atoms with E-state index in [1.165, 1.54) is 0 Å². The summed E-state index contributed by atoms with van der Waals surface area (Å²) >= 11 is 0. The molecule has 0 aromatic rings. The van der Waals surface area contributed by atoms with Gasteiger partial charge in [-0.2, -0.15) is 5.26 Å². The second-order valence-electron chi connectivity index (χ2n) is 3.34. The van der Waals surface area contributed by atoms with Crippen LogP contribution in [0.25, 0.3) is 0 Å². The third-order valence-electron chi connectivity index (χ3n) is 1.53. The Kier molecular flexibility index (Phi) is 4.89. The summed E-state index contributed by atoms with van der Waals surface area (Å²) in [4.78, 5) is 0. The van der Waals surface area contributed by atoms with E-state index in [-0.39, 0.29) is 5.41 Å². The van der Waals surface area contributed by atoms with Crippen LogP contribution in [0.4, 0.5) is 0 Å². The van der Waals surface area contributed by atoms with Crippen LogP contribution in [-0.2, 0) is 0 Å². The first-order valence-corrected chi connectivity index (χ1v) is 4.10. The summed E-state index contributed by atoms with van der Waals surface area (Å²) in [5.74, 6) is 6.13. The number of nitriles is 1. The summed E-state index contributed by atoms with van der Waals surface area (Å²) in [7, 11) is 0. The number of rotatable bonds is 3. The van der Waals surface area contributed by atoms with E-state index in [0.29, 0.717) is 6.42 Å². The van der Waals surface area contributed by atoms with Crippen molar-refractivity contribution in [3.8, 4) is 17.9 Å². The molecule has 0 amide bonds. The quantitative estimate of drug-likeness (QED) is 0.461. The Morgan fingerprint density at radius 3 is 2.67 bits per heavy atom. The van der Waals surface area contributed by atoms with Crippen LogP contribution in [0.15, 0.2) is 12.7 Å². The molecule has 0 heterocycles. The lowest BCUT2D eigenvalue weighted by Gasteiger charge is -2.14. The number of hydrogen-bond donors (Lipinski definition) is 0. The number of nitrogens with zero attached hydrogens (tertiary/aromatic N) is 1. The van der Waals surface area contributed by atoms with E-state index in [2.05, 4.69) is 38.3 Å². The molecule has 0 bridgehead atoms. The van der Waals surface area contributed by atoms with Gasteiger partial charge in [-0.15, -0.1) is 6.58 Å². The molecule has 0 N–H and O–H groups in total. The molecule has 0 aliphatic rings. The fourth-order valence-electron chi connectivity index (χ4n) is 0.793. The molecule has 0 aliphatic carbocycles. The summed E-state index contributed by atoms with van der Waals surface area (Å²) in [6, 6.07) is 2.13. The molecule has 0 radical (unpaired) electrons. The van der Waals surface area contributed by atoms with Crippen molar-refractivity contribution in [3.05, 3.63) is 12.7 Å². The molecule has 1 nitrogen and oxygen atoms in total. The van der Waals surface area contributed by atoms with Crippen molar-refractivity contribution in [1.29, 1.82) is 5.26 Å². The zero-order valence-corrected chi connectivity index (χ0v) is 7.85. The average molecular weight is 161 g/mol. The van der Waals surface area contributed by atoms with E-state index < -0.39 is 0 Å². The van der Waals surface area contributed by atoms with Gasteiger partial charge in [0.2, 0.25) is 0 Å². The van der Waals surface area contributed by atoms with Gasteiger partial charge in [-0.1, -0.05) is 17.9 Å². The monoisotopic (exact) mass is 161 g/mol. The van der Waals surface area contributed by atoms with E-state index >= 15 is 0 Å². The van der Waals surface area contributed by atoms with Crippen LogP contribution in [-0.4, -0.2) is 0 Å². The molecule has 0 rings (SSSR count). The summed E-state index contributed by atoms with van der Waals surface area (Å²) < 4.78 is 0. The molecular weight excluding hydrogens is 146 g/mol. The van der Waals surface area contributed by atoms with Crippen molar-refractivity contribution < 1.29 is 0 Å². The van der Waals surface area contributed by atoms with Crippen molar-refractivity contribution in [3.63, 3.8) is 0 Å². The van der Waals surface area contributed by atoms with Gasteiger partial charge in [0, 0.05) is 18.3 Å². The molecule has 64 valence electrons. The highest BCUT2D eigenvalue weighted by Crippen LogP contribution is 2.20. The zero-order valence-electron chi connectivity index (χ0n) is 7.85. The molecule has 0 saturated carbocycles. The van der Waals surface area contributed by atoms with Gasteiger partial charge in [0.15, 0.2) is 0 Å². The lowest BCUT2D eigenvalue weighted by Crippen LogP contribution is -2.06. The van der Waals surface area contributed by atoms with Crippen LogP contribution >= 0.6 is 0 Å². The Hall–Kier alpha value is -1.21. The van der Waals surface area contributed by atoms with E-state index in [1.807, 2.05) is 0 Å². The van der Waals surface area contributed by atoms with Gasteiger partial charge in [0.1, 0.15) is 0 Å². The Balaban J connectivity index is 3.97. The van der Waals surface area contributed by atoms with E-state index in [0.717, 1.165) is 12.8 Å². The smallest absolute Gasteiger partial charge is 0.0622 e. The third-order valence-corrected chi connectivity index (χ3v) is 1.53.